The van der Waals surface area contributed by atoms with E-state index in [9.17, 15) is 27.1 Å². The summed E-state index contributed by atoms with van der Waals surface area (Å²) < 4.78 is 56.6. The van der Waals surface area contributed by atoms with E-state index in [1.165, 1.54) is 36.0 Å². The lowest BCUT2D eigenvalue weighted by Crippen LogP contribution is -2.47. The third-order valence-corrected chi connectivity index (χ3v) is 9.61. The number of pyridine rings is 1. The number of sulfone groups is 1. The van der Waals surface area contributed by atoms with Crippen molar-refractivity contribution in [1.29, 1.82) is 0 Å². The van der Waals surface area contributed by atoms with Gasteiger partial charge in [0.2, 0.25) is 0 Å². The fourth-order valence-electron chi connectivity index (χ4n) is 5.19. The number of amides is 1. The summed E-state index contributed by atoms with van der Waals surface area (Å²) >= 11 is 6.60. The molecule has 0 unspecified atom stereocenters. The predicted molar refractivity (Wildman–Crippen MR) is 148 cm³/mol. The van der Waals surface area contributed by atoms with Crippen LogP contribution in [0.2, 0.25) is 5.02 Å². The SMILES string of the molecule is CCn1nc(C(=O)NCC2(O)CCC(S(C)(=O)=O)CC2)c(Cl)c1-c1cnc(N[C@H](C)CC2CC2)cc1OC(F)F. The van der Waals surface area contributed by atoms with E-state index in [0.717, 1.165) is 6.42 Å². The number of nitrogens with one attached hydrogen (secondary N) is 2. The molecule has 40 heavy (non-hydrogen) atoms. The average molecular weight is 604 g/mol. The van der Waals surface area contributed by atoms with Gasteiger partial charge < -0.3 is 20.5 Å². The van der Waals surface area contributed by atoms with E-state index < -0.39 is 33.2 Å². The first-order valence-electron chi connectivity index (χ1n) is 13.5. The van der Waals surface area contributed by atoms with Gasteiger partial charge in [0.05, 0.1) is 27.1 Å². The highest BCUT2D eigenvalue weighted by molar-refractivity contribution is 7.91. The zero-order valence-electron chi connectivity index (χ0n) is 22.8. The quantitative estimate of drug-likeness (QED) is 0.327. The molecule has 0 saturated heterocycles. The minimum Gasteiger partial charge on any atom is -0.434 e. The van der Waals surface area contributed by atoms with Gasteiger partial charge in [0.1, 0.15) is 21.4 Å². The fourth-order valence-corrected chi connectivity index (χ4v) is 6.60. The van der Waals surface area contributed by atoms with Gasteiger partial charge >= 0.3 is 6.61 Å². The number of hydrogen-bond acceptors (Lipinski definition) is 8. The number of carbonyl (C=O) groups excluding carboxylic acids is 1. The van der Waals surface area contributed by atoms with Crippen molar-refractivity contribution in [2.45, 2.75) is 88.8 Å². The molecule has 2 aromatic rings. The van der Waals surface area contributed by atoms with Gasteiger partial charge in [-0.15, -0.1) is 0 Å². The summed E-state index contributed by atoms with van der Waals surface area (Å²) in [6, 6.07) is 1.48. The van der Waals surface area contributed by atoms with Crippen LogP contribution in [0.3, 0.4) is 0 Å². The van der Waals surface area contributed by atoms with Crippen LogP contribution in [-0.4, -0.2) is 70.5 Å². The Morgan fingerprint density at radius 3 is 2.55 bits per heavy atom. The zero-order chi connectivity index (χ0) is 29.2. The van der Waals surface area contributed by atoms with Gasteiger partial charge in [-0.3, -0.25) is 9.48 Å². The van der Waals surface area contributed by atoms with Crippen LogP contribution in [0.5, 0.6) is 5.75 Å². The molecule has 10 nitrogen and oxygen atoms in total. The summed E-state index contributed by atoms with van der Waals surface area (Å²) in [4.78, 5) is 17.4. The highest BCUT2D eigenvalue weighted by Gasteiger charge is 2.37. The number of aromatic nitrogens is 3. The van der Waals surface area contributed by atoms with Gasteiger partial charge in [-0.25, -0.2) is 13.4 Å². The molecule has 1 atom stereocenters. The summed E-state index contributed by atoms with van der Waals surface area (Å²) in [5.74, 6) is 0.229. The Bertz CT molecular complexity index is 1330. The predicted octanol–water partition coefficient (Wildman–Crippen LogP) is 4.27. The van der Waals surface area contributed by atoms with Crippen LogP contribution in [0, 0.1) is 5.92 Å². The van der Waals surface area contributed by atoms with E-state index in [1.54, 1.807) is 6.92 Å². The largest absolute Gasteiger partial charge is 0.434 e. The monoisotopic (exact) mass is 603 g/mol. The van der Waals surface area contributed by atoms with Crippen molar-refractivity contribution in [3.8, 4) is 17.0 Å². The lowest BCUT2D eigenvalue weighted by molar-refractivity contribution is -0.0494. The number of aryl methyl sites for hydroxylation is 1. The van der Waals surface area contributed by atoms with E-state index in [-0.39, 0.29) is 59.7 Å². The van der Waals surface area contributed by atoms with Crippen molar-refractivity contribution < 1.29 is 31.8 Å². The van der Waals surface area contributed by atoms with Crippen molar-refractivity contribution in [2.75, 3.05) is 18.1 Å². The molecular weight excluding hydrogens is 568 g/mol. The minimum absolute atomic E-state index is 0.0733. The standard InChI is InChI=1S/C26H36ClF2N5O5S/c1-4-34-23(18-13-30-20(12-19(18)39-25(28)29)32-15(2)11-16-5-6-16)21(27)22(33-34)24(35)31-14-26(36)9-7-17(8-10-26)40(3,37)38/h12-13,15-17,25,36H,4-11,14H2,1-3H3,(H,30,32)(H,31,35)/t15-,17?,26?/m1/s1. The number of halogens is 3. The van der Waals surface area contributed by atoms with Crippen LogP contribution < -0.4 is 15.4 Å². The molecule has 2 aliphatic rings. The van der Waals surface area contributed by atoms with E-state index >= 15 is 0 Å². The Morgan fingerprint density at radius 2 is 1.98 bits per heavy atom. The number of hydrogen-bond donors (Lipinski definition) is 3. The molecule has 0 bridgehead atoms. The summed E-state index contributed by atoms with van der Waals surface area (Å²) in [5, 5.41) is 20.5. The summed E-state index contributed by atoms with van der Waals surface area (Å²) in [6.07, 6.45) is 6.90. The number of alkyl halides is 2. The molecule has 2 heterocycles. The van der Waals surface area contributed by atoms with Crippen molar-refractivity contribution >= 4 is 33.2 Å². The Balaban J connectivity index is 1.53. The van der Waals surface area contributed by atoms with Gasteiger partial charge in [-0.05, 0) is 51.9 Å². The highest BCUT2D eigenvalue weighted by Crippen LogP contribution is 2.39. The molecule has 0 radical (unpaired) electrons. The number of aliphatic hydroxyl groups is 1. The van der Waals surface area contributed by atoms with E-state index in [4.69, 9.17) is 16.3 Å². The smallest absolute Gasteiger partial charge is 0.387 e. The summed E-state index contributed by atoms with van der Waals surface area (Å²) in [5.41, 5.74) is -1.06. The van der Waals surface area contributed by atoms with Crippen molar-refractivity contribution in [2.24, 2.45) is 5.92 Å². The molecule has 0 aromatic carbocycles. The van der Waals surface area contributed by atoms with Gasteiger partial charge in [-0.1, -0.05) is 24.4 Å². The van der Waals surface area contributed by atoms with Crippen molar-refractivity contribution in [3.05, 3.63) is 23.0 Å². The van der Waals surface area contributed by atoms with Gasteiger partial charge in [0, 0.05) is 37.7 Å². The van der Waals surface area contributed by atoms with Crippen LogP contribution in [0.1, 0.15) is 69.3 Å². The van der Waals surface area contributed by atoms with Gasteiger partial charge in [-0.2, -0.15) is 13.9 Å². The highest BCUT2D eigenvalue weighted by atomic mass is 35.5. The number of rotatable bonds is 12. The second kappa shape index (κ2) is 12.2. The molecule has 2 aliphatic carbocycles. The van der Waals surface area contributed by atoms with Crippen LogP contribution in [0.15, 0.2) is 12.3 Å². The number of carbonyl (C=O) groups is 1. The Kier molecular flexibility index (Phi) is 9.25. The first-order valence-corrected chi connectivity index (χ1v) is 15.8. The van der Waals surface area contributed by atoms with Crippen LogP contribution >= 0.6 is 11.6 Å². The third-order valence-electron chi connectivity index (χ3n) is 7.57. The maximum atomic E-state index is 13.4. The van der Waals surface area contributed by atoms with Gasteiger partial charge in [0.25, 0.3) is 5.91 Å². The van der Waals surface area contributed by atoms with Crippen molar-refractivity contribution in [1.82, 2.24) is 20.1 Å². The summed E-state index contributed by atoms with van der Waals surface area (Å²) in [7, 11) is -3.20. The topological polar surface area (TPSA) is 135 Å². The second-order valence-corrected chi connectivity index (χ2v) is 13.6. The fraction of sp³-hybridized carbons (Fsp3) is 0.654. The molecule has 222 valence electrons. The molecule has 0 aliphatic heterocycles. The molecule has 2 aromatic heterocycles. The normalized spacial score (nSPS) is 22.2. The zero-order valence-corrected chi connectivity index (χ0v) is 24.4. The number of nitrogens with zero attached hydrogens (tertiary/aromatic N) is 3. The third kappa shape index (κ3) is 7.41. The van der Waals surface area contributed by atoms with Crippen molar-refractivity contribution in [3.63, 3.8) is 0 Å². The maximum Gasteiger partial charge on any atom is 0.387 e. The molecule has 4 rings (SSSR count). The minimum atomic E-state index is -3.20. The average Bonchev–Trinajstić information content (AvgIpc) is 3.62. The lowest BCUT2D eigenvalue weighted by atomic mass is 9.84. The molecule has 14 heteroatoms. The summed E-state index contributed by atoms with van der Waals surface area (Å²) in [6.45, 7) is 0.812. The number of anilines is 1. The Morgan fingerprint density at radius 1 is 1.30 bits per heavy atom. The molecule has 2 fully saturated rings. The molecular formula is C26H36ClF2N5O5S. The van der Waals surface area contributed by atoms with Crippen LogP contribution in [0.4, 0.5) is 14.6 Å². The Hall–Kier alpha value is -2.51. The van der Waals surface area contributed by atoms with Crippen LogP contribution in [0.25, 0.3) is 11.3 Å². The number of ether oxygens (including phenoxy) is 1. The molecule has 0 spiro atoms. The van der Waals surface area contributed by atoms with E-state index in [2.05, 4.69) is 20.7 Å². The molecule has 1 amide bonds. The van der Waals surface area contributed by atoms with Crippen LogP contribution in [-0.2, 0) is 16.4 Å². The molecule has 2 saturated carbocycles. The first-order chi connectivity index (χ1) is 18.8. The van der Waals surface area contributed by atoms with E-state index in [0.29, 0.717) is 24.6 Å². The van der Waals surface area contributed by atoms with E-state index in [1.807, 2.05) is 6.92 Å². The van der Waals surface area contributed by atoms with Gasteiger partial charge in [0.15, 0.2) is 5.69 Å². The maximum absolute atomic E-state index is 13.4. The second-order valence-electron chi connectivity index (χ2n) is 10.9. The lowest BCUT2D eigenvalue weighted by Gasteiger charge is -2.35. The first kappa shape index (κ1) is 30.4. The Labute approximate surface area is 237 Å². The molecule has 3 N–H and O–H groups in total.